The molecule has 0 aliphatic rings. The first kappa shape index (κ1) is 19.2. The van der Waals surface area contributed by atoms with E-state index in [9.17, 15) is 0 Å². The van der Waals surface area contributed by atoms with Crippen molar-refractivity contribution in [2.75, 3.05) is 0 Å². The number of allylic oxidation sites excluding steroid dienone is 2. The Hall–Kier alpha value is -3.16. The number of hydrogen-bond donors (Lipinski definition) is 0. The van der Waals surface area contributed by atoms with Crippen LogP contribution in [0.2, 0.25) is 6.04 Å². The third-order valence-corrected chi connectivity index (χ3v) is 10.4. The van der Waals surface area contributed by atoms with E-state index in [1.807, 2.05) is 0 Å². The van der Waals surface area contributed by atoms with E-state index in [1.165, 1.54) is 21.1 Å². The smallest absolute Gasteiger partial charge is 0.0899 e. The largest absolute Gasteiger partial charge is 0.151 e. The van der Waals surface area contributed by atoms with E-state index in [0.717, 1.165) is 12.5 Å². The molecule has 0 saturated carbocycles. The summed E-state index contributed by atoms with van der Waals surface area (Å²) >= 11 is 0. The lowest BCUT2D eigenvalue weighted by Crippen LogP contribution is -2.66. The van der Waals surface area contributed by atoms with E-state index >= 15 is 0 Å². The molecule has 0 fully saturated rings. The van der Waals surface area contributed by atoms with Gasteiger partial charge in [-0.15, -0.1) is 0 Å². The predicted octanol–water partition coefficient (Wildman–Crippen LogP) is 4.96. The Kier molecular flexibility index (Phi) is 6.18. The summed E-state index contributed by atoms with van der Waals surface area (Å²) in [5, 5.41) is 4.38. The third-order valence-electron chi connectivity index (χ3n) is 5.59. The van der Waals surface area contributed by atoms with Crippen LogP contribution in [0, 0.1) is 0 Å². The molecule has 0 amide bonds. The zero-order chi connectivity index (χ0) is 19.8. The molecule has 0 radical (unpaired) electrons. The fourth-order valence-corrected chi connectivity index (χ4v) is 8.63. The van der Waals surface area contributed by atoms with Crippen molar-refractivity contribution >= 4 is 23.6 Å². The summed E-state index contributed by atoms with van der Waals surface area (Å²) in [6.45, 7) is 0. The van der Waals surface area contributed by atoms with E-state index in [-0.39, 0.29) is 0 Å². The van der Waals surface area contributed by atoms with Crippen LogP contribution in [-0.4, -0.2) is 8.07 Å². The first-order chi connectivity index (χ1) is 14.4. The molecular weight excluding hydrogens is 364 g/mol. The first-order valence-corrected chi connectivity index (χ1v) is 12.5. The van der Waals surface area contributed by atoms with E-state index < -0.39 is 8.07 Å². The number of hydrogen-bond acceptors (Lipinski definition) is 0. The predicted molar refractivity (Wildman–Crippen MR) is 128 cm³/mol. The molecule has 0 atom stereocenters. The summed E-state index contributed by atoms with van der Waals surface area (Å²) < 4.78 is 0. The molecule has 0 unspecified atom stereocenters. The topological polar surface area (TPSA) is 0 Å². The summed E-state index contributed by atoms with van der Waals surface area (Å²) in [5.74, 6) is 0. The lowest BCUT2D eigenvalue weighted by molar-refractivity contribution is 1.26. The number of benzene rings is 4. The monoisotopic (exact) mass is 390 g/mol. The zero-order valence-electron chi connectivity index (χ0n) is 16.6. The van der Waals surface area contributed by atoms with Gasteiger partial charge in [-0.3, -0.25) is 0 Å². The fourth-order valence-electron chi connectivity index (χ4n) is 4.12. The van der Waals surface area contributed by atoms with Gasteiger partial charge in [0, 0.05) is 0 Å². The van der Waals surface area contributed by atoms with Gasteiger partial charge in [-0.05, 0) is 33.6 Å². The van der Waals surface area contributed by atoms with E-state index in [2.05, 4.69) is 133 Å². The zero-order valence-corrected chi connectivity index (χ0v) is 17.6. The summed E-state index contributed by atoms with van der Waals surface area (Å²) in [5.41, 5.74) is 1.36. The highest BCUT2D eigenvalue weighted by Crippen LogP contribution is 2.14. The van der Waals surface area contributed by atoms with Gasteiger partial charge in [-0.25, -0.2) is 0 Å². The van der Waals surface area contributed by atoms with Gasteiger partial charge in [0.25, 0.3) is 0 Å². The molecule has 29 heavy (non-hydrogen) atoms. The molecule has 142 valence electrons. The Balaban J connectivity index is 1.77. The molecule has 4 aromatic carbocycles. The van der Waals surface area contributed by atoms with Crippen LogP contribution in [0.3, 0.4) is 0 Å². The van der Waals surface area contributed by atoms with Crippen molar-refractivity contribution in [3.63, 3.8) is 0 Å². The summed E-state index contributed by atoms with van der Waals surface area (Å²) in [6.07, 6.45) is 5.72. The minimum atomic E-state index is -2.15. The second-order valence-electron chi connectivity index (χ2n) is 7.37. The van der Waals surface area contributed by atoms with Crippen LogP contribution in [0.25, 0.3) is 0 Å². The molecule has 0 aliphatic heterocycles. The lowest BCUT2D eigenvalue weighted by atomic mass is 10.1. The van der Waals surface area contributed by atoms with Crippen molar-refractivity contribution < 1.29 is 0 Å². The normalized spacial score (nSPS) is 11.6. The van der Waals surface area contributed by atoms with Crippen LogP contribution in [0.1, 0.15) is 5.56 Å². The Labute approximate surface area is 175 Å². The second-order valence-corrected chi connectivity index (χ2v) is 11.3. The molecule has 0 spiro atoms. The van der Waals surface area contributed by atoms with Gasteiger partial charge >= 0.3 is 0 Å². The van der Waals surface area contributed by atoms with Crippen molar-refractivity contribution in [2.24, 2.45) is 0 Å². The lowest BCUT2D eigenvalue weighted by Gasteiger charge is -2.33. The van der Waals surface area contributed by atoms with Gasteiger partial charge in [-0.1, -0.05) is 133 Å². The minimum absolute atomic E-state index is 0.976. The maximum atomic E-state index is 2.41. The Morgan fingerprint density at radius 3 is 1.24 bits per heavy atom. The van der Waals surface area contributed by atoms with Crippen molar-refractivity contribution in [1.82, 2.24) is 0 Å². The standard InChI is InChI=1S/C28H26Si/c1-5-15-25(16-6-1)17-13-14-24-29(26-18-7-2-8-19-26,27-20-9-3-10-21-27)28-22-11-4-12-23-28/h1-16,18-23H,17,24H2. The van der Waals surface area contributed by atoms with Gasteiger partial charge < -0.3 is 0 Å². The average Bonchev–Trinajstić information content (AvgIpc) is 2.82. The fraction of sp³-hybridized carbons (Fsp3) is 0.0714. The molecule has 0 aliphatic carbocycles. The Morgan fingerprint density at radius 1 is 0.448 bits per heavy atom. The molecule has 4 rings (SSSR count). The quantitative estimate of drug-likeness (QED) is 0.238. The minimum Gasteiger partial charge on any atom is -0.0899 e. The van der Waals surface area contributed by atoms with Gasteiger partial charge in [0.1, 0.15) is 0 Å². The molecule has 0 heterocycles. The van der Waals surface area contributed by atoms with E-state index in [1.54, 1.807) is 0 Å². The van der Waals surface area contributed by atoms with Crippen LogP contribution < -0.4 is 15.6 Å². The van der Waals surface area contributed by atoms with E-state index in [0.29, 0.717) is 0 Å². The van der Waals surface area contributed by atoms with Crippen LogP contribution >= 0.6 is 0 Å². The first-order valence-electron chi connectivity index (χ1n) is 10.2. The molecular formula is C28H26Si. The second kappa shape index (κ2) is 9.36. The molecule has 0 nitrogen and oxygen atoms in total. The van der Waals surface area contributed by atoms with Crippen LogP contribution in [0.4, 0.5) is 0 Å². The van der Waals surface area contributed by atoms with Gasteiger partial charge in [0.05, 0.1) is 0 Å². The highest BCUT2D eigenvalue weighted by Gasteiger charge is 2.37. The van der Waals surface area contributed by atoms with Crippen molar-refractivity contribution in [3.05, 3.63) is 139 Å². The van der Waals surface area contributed by atoms with Crippen LogP contribution in [-0.2, 0) is 6.42 Å². The van der Waals surface area contributed by atoms with Crippen LogP contribution in [0.5, 0.6) is 0 Å². The molecule has 0 aromatic heterocycles. The molecule has 0 bridgehead atoms. The maximum Gasteiger partial charge on any atom is 0.151 e. The maximum absolute atomic E-state index is 2.41. The van der Waals surface area contributed by atoms with Gasteiger partial charge in [-0.2, -0.15) is 0 Å². The summed E-state index contributed by atoms with van der Waals surface area (Å²) in [4.78, 5) is 0. The van der Waals surface area contributed by atoms with Crippen molar-refractivity contribution in [3.8, 4) is 0 Å². The molecule has 1 heteroatoms. The Morgan fingerprint density at radius 2 is 0.828 bits per heavy atom. The molecule has 0 N–H and O–H groups in total. The summed E-state index contributed by atoms with van der Waals surface area (Å²) in [7, 11) is -2.15. The van der Waals surface area contributed by atoms with Crippen molar-refractivity contribution in [2.45, 2.75) is 12.5 Å². The summed E-state index contributed by atoms with van der Waals surface area (Å²) in [6, 6.07) is 45.0. The highest BCUT2D eigenvalue weighted by molar-refractivity contribution is 7.11. The number of rotatable bonds is 7. The van der Waals surface area contributed by atoms with Crippen LogP contribution in [0.15, 0.2) is 133 Å². The van der Waals surface area contributed by atoms with Gasteiger partial charge in [0.15, 0.2) is 8.07 Å². The Bertz CT molecular complexity index is 926. The van der Waals surface area contributed by atoms with Crippen molar-refractivity contribution in [1.29, 1.82) is 0 Å². The third kappa shape index (κ3) is 4.31. The highest BCUT2D eigenvalue weighted by atomic mass is 28.3. The molecule has 0 saturated heterocycles. The average molecular weight is 391 g/mol. The SMILES string of the molecule is C(=CC[Si](c1ccccc1)(c1ccccc1)c1ccccc1)Cc1ccccc1. The van der Waals surface area contributed by atoms with E-state index in [4.69, 9.17) is 0 Å². The molecule has 4 aromatic rings. The van der Waals surface area contributed by atoms with Gasteiger partial charge in [0.2, 0.25) is 0 Å².